The molecule has 1 aliphatic heterocycles. The standard InChI is InChI=1S/C10H10BrN3O2/c11-8-5-12-9-1-2-10(13-14(8)9)16-7-3-4-15-6-7/h1-2,5,7H,3-4,6H2/t7-/m1/s1. The molecular formula is C10H10BrN3O2. The number of nitrogens with zero attached hydrogens (tertiary/aromatic N) is 3. The summed E-state index contributed by atoms with van der Waals surface area (Å²) in [5, 5.41) is 4.33. The van der Waals surface area contributed by atoms with E-state index in [0.29, 0.717) is 12.5 Å². The lowest BCUT2D eigenvalue weighted by Gasteiger charge is -2.10. The molecule has 0 radical (unpaired) electrons. The van der Waals surface area contributed by atoms with E-state index in [1.807, 2.05) is 12.1 Å². The Morgan fingerprint density at radius 2 is 2.44 bits per heavy atom. The first-order valence-corrected chi connectivity index (χ1v) is 5.87. The fourth-order valence-electron chi connectivity index (χ4n) is 1.67. The summed E-state index contributed by atoms with van der Waals surface area (Å²) in [5.41, 5.74) is 0.793. The molecule has 6 heteroatoms. The lowest BCUT2D eigenvalue weighted by atomic mass is 10.3. The molecule has 3 rings (SSSR count). The van der Waals surface area contributed by atoms with Gasteiger partial charge in [-0.1, -0.05) is 0 Å². The fourth-order valence-corrected chi connectivity index (χ4v) is 2.03. The van der Waals surface area contributed by atoms with E-state index in [-0.39, 0.29) is 6.10 Å². The summed E-state index contributed by atoms with van der Waals surface area (Å²) in [4.78, 5) is 4.16. The van der Waals surface area contributed by atoms with Crippen LogP contribution in [-0.2, 0) is 4.74 Å². The lowest BCUT2D eigenvalue weighted by Crippen LogP contribution is -2.17. The highest BCUT2D eigenvalue weighted by Gasteiger charge is 2.18. The van der Waals surface area contributed by atoms with Crippen LogP contribution in [0.4, 0.5) is 0 Å². The summed E-state index contributed by atoms with van der Waals surface area (Å²) >= 11 is 3.37. The molecule has 0 unspecified atom stereocenters. The topological polar surface area (TPSA) is 48.7 Å². The number of ether oxygens (including phenoxy) is 2. The maximum Gasteiger partial charge on any atom is 0.232 e. The molecule has 0 saturated carbocycles. The predicted molar refractivity (Wildman–Crippen MR) is 60.5 cm³/mol. The highest BCUT2D eigenvalue weighted by atomic mass is 79.9. The molecule has 0 amide bonds. The molecule has 1 saturated heterocycles. The van der Waals surface area contributed by atoms with Crippen molar-refractivity contribution >= 4 is 21.6 Å². The number of imidazole rings is 1. The normalized spacial score (nSPS) is 20.4. The van der Waals surface area contributed by atoms with Crippen molar-refractivity contribution in [3.05, 3.63) is 22.9 Å². The third kappa shape index (κ3) is 1.78. The first-order valence-electron chi connectivity index (χ1n) is 5.07. The zero-order chi connectivity index (χ0) is 11.0. The summed E-state index contributed by atoms with van der Waals surface area (Å²) in [6, 6.07) is 3.70. The van der Waals surface area contributed by atoms with Gasteiger partial charge in [0.2, 0.25) is 5.88 Å². The van der Waals surface area contributed by atoms with E-state index >= 15 is 0 Å². The third-order valence-electron chi connectivity index (χ3n) is 2.47. The number of rotatable bonds is 2. The SMILES string of the molecule is Brc1cnc2ccc(O[C@@H]3CCOC3)nn12. The first-order chi connectivity index (χ1) is 7.83. The Bertz CT molecular complexity index is 508. The van der Waals surface area contributed by atoms with Gasteiger partial charge in [-0.15, -0.1) is 5.10 Å². The van der Waals surface area contributed by atoms with Crippen molar-refractivity contribution in [1.82, 2.24) is 14.6 Å². The van der Waals surface area contributed by atoms with Gasteiger partial charge in [-0.2, -0.15) is 0 Å². The van der Waals surface area contributed by atoms with Crippen LogP contribution in [0.15, 0.2) is 22.9 Å². The lowest BCUT2D eigenvalue weighted by molar-refractivity contribution is 0.137. The molecule has 0 aromatic carbocycles. The van der Waals surface area contributed by atoms with E-state index in [1.165, 1.54) is 0 Å². The predicted octanol–water partition coefficient (Wildman–Crippen LogP) is 1.66. The molecule has 16 heavy (non-hydrogen) atoms. The molecule has 0 spiro atoms. The van der Waals surface area contributed by atoms with Crippen molar-refractivity contribution in [2.75, 3.05) is 13.2 Å². The second-order valence-corrected chi connectivity index (χ2v) is 4.44. The van der Waals surface area contributed by atoms with Crippen molar-refractivity contribution in [2.45, 2.75) is 12.5 Å². The Hall–Kier alpha value is -1.14. The van der Waals surface area contributed by atoms with Gasteiger partial charge in [-0.3, -0.25) is 0 Å². The number of hydrogen-bond donors (Lipinski definition) is 0. The molecule has 0 bridgehead atoms. The monoisotopic (exact) mass is 283 g/mol. The number of aromatic nitrogens is 3. The Labute approximate surface area is 101 Å². The van der Waals surface area contributed by atoms with Crippen LogP contribution < -0.4 is 4.74 Å². The zero-order valence-corrected chi connectivity index (χ0v) is 10.1. The van der Waals surface area contributed by atoms with Crippen molar-refractivity contribution in [1.29, 1.82) is 0 Å². The van der Waals surface area contributed by atoms with Crippen molar-refractivity contribution < 1.29 is 9.47 Å². The minimum absolute atomic E-state index is 0.118. The quantitative estimate of drug-likeness (QED) is 0.841. The van der Waals surface area contributed by atoms with Crippen LogP contribution in [0.5, 0.6) is 5.88 Å². The highest BCUT2D eigenvalue weighted by Crippen LogP contribution is 2.17. The summed E-state index contributed by atoms with van der Waals surface area (Å²) in [6.07, 6.45) is 2.75. The molecule has 0 N–H and O–H groups in total. The van der Waals surface area contributed by atoms with Crippen LogP contribution in [0.2, 0.25) is 0 Å². The van der Waals surface area contributed by atoms with Crippen LogP contribution in [0.25, 0.3) is 5.65 Å². The molecule has 1 fully saturated rings. The van der Waals surface area contributed by atoms with E-state index in [0.717, 1.165) is 23.3 Å². The second-order valence-electron chi connectivity index (χ2n) is 3.63. The third-order valence-corrected chi connectivity index (χ3v) is 3.01. The van der Waals surface area contributed by atoms with E-state index in [4.69, 9.17) is 9.47 Å². The summed E-state index contributed by atoms with van der Waals surface area (Å²) in [6.45, 7) is 1.41. The molecule has 84 valence electrons. The van der Waals surface area contributed by atoms with E-state index in [9.17, 15) is 0 Å². The maximum atomic E-state index is 5.70. The van der Waals surface area contributed by atoms with Gasteiger partial charge in [0.15, 0.2) is 5.65 Å². The summed E-state index contributed by atoms with van der Waals surface area (Å²) in [7, 11) is 0. The number of halogens is 1. The molecule has 2 aromatic heterocycles. The molecule has 5 nitrogen and oxygen atoms in total. The minimum atomic E-state index is 0.118. The van der Waals surface area contributed by atoms with Gasteiger partial charge in [0, 0.05) is 12.5 Å². The second kappa shape index (κ2) is 4.03. The Balaban J connectivity index is 1.88. The fraction of sp³-hybridized carbons (Fsp3) is 0.400. The smallest absolute Gasteiger partial charge is 0.232 e. The van der Waals surface area contributed by atoms with Gasteiger partial charge < -0.3 is 9.47 Å². The van der Waals surface area contributed by atoms with E-state index in [2.05, 4.69) is 26.0 Å². The van der Waals surface area contributed by atoms with Crippen LogP contribution in [0.3, 0.4) is 0 Å². The summed E-state index contributed by atoms with van der Waals surface area (Å²) in [5.74, 6) is 0.599. The Morgan fingerprint density at radius 1 is 1.50 bits per heavy atom. The Morgan fingerprint density at radius 3 is 3.25 bits per heavy atom. The minimum Gasteiger partial charge on any atom is -0.471 e. The van der Waals surface area contributed by atoms with Crippen molar-refractivity contribution in [3.8, 4) is 5.88 Å². The zero-order valence-electron chi connectivity index (χ0n) is 8.47. The molecule has 0 aliphatic carbocycles. The first kappa shape index (κ1) is 10.0. The van der Waals surface area contributed by atoms with E-state index < -0.39 is 0 Å². The average molecular weight is 284 g/mol. The van der Waals surface area contributed by atoms with Gasteiger partial charge in [-0.25, -0.2) is 9.50 Å². The number of fused-ring (bicyclic) bond motifs is 1. The average Bonchev–Trinajstić information content (AvgIpc) is 2.90. The Kier molecular flexibility index (Phi) is 2.53. The van der Waals surface area contributed by atoms with Crippen molar-refractivity contribution in [3.63, 3.8) is 0 Å². The van der Waals surface area contributed by atoms with Gasteiger partial charge in [0.05, 0.1) is 19.4 Å². The highest BCUT2D eigenvalue weighted by molar-refractivity contribution is 9.10. The van der Waals surface area contributed by atoms with Gasteiger partial charge in [0.1, 0.15) is 10.7 Å². The van der Waals surface area contributed by atoms with Crippen LogP contribution >= 0.6 is 15.9 Å². The molecular weight excluding hydrogens is 274 g/mol. The molecule has 3 heterocycles. The van der Waals surface area contributed by atoms with Gasteiger partial charge in [0.25, 0.3) is 0 Å². The maximum absolute atomic E-state index is 5.70. The van der Waals surface area contributed by atoms with Crippen LogP contribution in [0.1, 0.15) is 6.42 Å². The van der Waals surface area contributed by atoms with Gasteiger partial charge >= 0.3 is 0 Å². The molecule has 1 aliphatic rings. The summed E-state index contributed by atoms with van der Waals surface area (Å²) < 4.78 is 13.5. The van der Waals surface area contributed by atoms with Crippen LogP contribution in [0, 0.1) is 0 Å². The molecule has 2 aromatic rings. The van der Waals surface area contributed by atoms with Gasteiger partial charge in [-0.05, 0) is 22.0 Å². The largest absolute Gasteiger partial charge is 0.471 e. The number of hydrogen-bond acceptors (Lipinski definition) is 4. The van der Waals surface area contributed by atoms with E-state index in [1.54, 1.807) is 10.7 Å². The van der Waals surface area contributed by atoms with Crippen LogP contribution in [-0.4, -0.2) is 33.9 Å². The molecule has 1 atom stereocenters. The van der Waals surface area contributed by atoms with Crippen molar-refractivity contribution in [2.24, 2.45) is 0 Å².